The van der Waals surface area contributed by atoms with Crippen molar-refractivity contribution in [3.63, 3.8) is 0 Å². The van der Waals surface area contributed by atoms with Gasteiger partial charge in [-0.05, 0) is 43.2 Å². The molecule has 4 rings (SSSR count). The Labute approximate surface area is 180 Å². The van der Waals surface area contributed by atoms with Gasteiger partial charge in [0.25, 0.3) is 11.8 Å². The monoisotopic (exact) mass is 424 g/mol. The summed E-state index contributed by atoms with van der Waals surface area (Å²) >= 11 is 5.34. The van der Waals surface area contributed by atoms with E-state index >= 15 is 0 Å². The minimum atomic E-state index is -0.308. The normalized spacial score (nSPS) is 16.8. The molecule has 1 fully saturated rings. The molecule has 2 aromatic rings. The van der Waals surface area contributed by atoms with Gasteiger partial charge in [0, 0.05) is 55.7 Å². The molecule has 0 aliphatic carbocycles. The summed E-state index contributed by atoms with van der Waals surface area (Å²) in [6.45, 7) is 3.58. The Morgan fingerprint density at radius 2 is 1.60 bits per heavy atom. The van der Waals surface area contributed by atoms with Crippen LogP contribution in [-0.2, 0) is 4.79 Å². The number of piperazine rings is 1. The van der Waals surface area contributed by atoms with Gasteiger partial charge in [0.05, 0.1) is 0 Å². The molecule has 2 aliphatic rings. The third kappa shape index (κ3) is 3.93. The second-order valence-corrected chi connectivity index (χ2v) is 8.11. The third-order valence-electron chi connectivity index (χ3n) is 5.68. The van der Waals surface area contributed by atoms with Gasteiger partial charge >= 0.3 is 0 Å². The Morgan fingerprint density at radius 1 is 1.00 bits per heavy atom. The van der Waals surface area contributed by atoms with Crippen molar-refractivity contribution in [2.75, 3.05) is 39.8 Å². The molecule has 0 aromatic heterocycles. The van der Waals surface area contributed by atoms with Gasteiger partial charge in [-0.2, -0.15) is 0 Å². The highest BCUT2D eigenvalue weighted by atomic mass is 32.1. The number of imide groups is 1. The number of likely N-dealkylation sites (N-methyl/N-ethyl adjacent to an activating group) is 1. The van der Waals surface area contributed by atoms with E-state index in [1.54, 1.807) is 12.1 Å². The molecule has 156 valence electrons. The molecule has 0 unspecified atom stereocenters. The molecule has 2 heterocycles. The van der Waals surface area contributed by atoms with Crippen LogP contribution in [0.5, 0.6) is 0 Å². The van der Waals surface area contributed by atoms with Crippen LogP contribution in [0.1, 0.15) is 33.6 Å². The Morgan fingerprint density at radius 3 is 2.20 bits per heavy atom. The number of nitrogens with one attached hydrogen (secondary N) is 1. The first-order valence-corrected chi connectivity index (χ1v) is 10.5. The summed E-state index contributed by atoms with van der Waals surface area (Å²) < 4.78 is 0. The molecular weight excluding hydrogens is 400 g/mol. The van der Waals surface area contributed by atoms with Gasteiger partial charge in [0.15, 0.2) is 5.11 Å². The van der Waals surface area contributed by atoms with Crippen LogP contribution in [0.15, 0.2) is 36.4 Å². The first-order chi connectivity index (χ1) is 14.5. The molecule has 2 aromatic carbocycles. The highest BCUT2D eigenvalue weighted by Crippen LogP contribution is 2.30. The highest BCUT2D eigenvalue weighted by molar-refractivity contribution is 7.80. The fraction of sp³-hybridized carbons (Fsp3) is 0.364. The van der Waals surface area contributed by atoms with Crippen LogP contribution in [0.4, 0.5) is 0 Å². The summed E-state index contributed by atoms with van der Waals surface area (Å²) in [5.41, 5.74) is 1.06. The van der Waals surface area contributed by atoms with Crippen LogP contribution in [0.2, 0.25) is 0 Å². The molecular formula is C22H24N4O3S. The lowest BCUT2D eigenvalue weighted by molar-refractivity contribution is -0.120. The van der Waals surface area contributed by atoms with E-state index in [2.05, 4.69) is 17.3 Å². The van der Waals surface area contributed by atoms with E-state index in [4.69, 9.17) is 12.2 Å². The molecule has 8 heteroatoms. The van der Waals surface area contributed by atoms with Gasteiger partial charge in [0.2, 0.25) is 5.91 Å². The van der Waals surface area contributed by atoms with E-state index in [0.29, 0.717) is 28.0 Å². The summed E-state index contributed by atoms with van der Waals surface area (Å²) in [5, 5.41) is 4.80. The maximum Gasteiger partial charge on any atom is 0.261 e. The molecule has 30 heavy (non-hydrogen) atoms. The smallest absolute Gasteiger partial charge is 0.261 e. The van der Waals surface area contributed by atoms with E-state index < -0.39 is 0 Å². The highest BCUT2D eigenvalue weighted by Gasteiger charge is 2.32. The summed E-state index contributed by atoms with van der Waals surface area (Å²) in [5.74, 6) is -0.811. The fourth-order valence-electron chi connectivity index (χ4n) is 3.95. The second kappa shape index (κ2) is 8.49. The Hall–Kier alpha value is -2.84. The maximum atomic E-state index is 12.9. The molecule has 0 saturated carbocycles. The molecule has 1 saturated heterocycles. The van der Waals surface area contributed by atoms with Gasteiger partial charge in [-0.3, -0.25) is 19.3 Å². The van der Waals surface area contributed by atoms with Crippen molar-refractivity contribution < 1.29 is 14.4 Å². The molecule has 0 radical (unpaired) electrons. The number of rotatable bonds is 4. The standard InChI is InChI=1S/C22H24N4O3S/c1-24-11-13-25(14-12-24)22(30)23-18(27)9-4-10-26-20(28)16-7-2-5-15-6-3-8-17(19(15)16)21(26)29/h2-3,5-8H,4,9-14H2,1H3,(H,23,27,30). The largest absolute Gasteiger partial charge is 0.346 e. The van der Waals surface area contributed by atoms with Gasteiger partial charge in [-0.15, -0.1) is 0 Å². The van der Waals surface area contributed by atoms with Crippen molar-refractivity contribution in [2.24, 2.45) is 0 Å². The van der Waals surface area contributed by atoms with Crippen molar-refractivity contribution >= 4 is 45.8 Å². The average molecular weight is 425 g/mol. The number of benzene rings is 2. The summed E-state index contributed by atoms with van der Waals surface area (Å²) in [6.07, 6.45) is 0.573. The second-order valence-electron chi connectivity index (χ2n) is 7.72. The van der Waals surface area contributed by atoms with Gasteiger partial charge in [0.1, 0.15) is 0 Å². The maximum absolute atomic E-state index is 12.9. The molecule has 0 bridgehead atoms. The van der Waals surface area contributed by atoms with Crippen LogP contribution in [0.3, 0.4) is 0 Å². The molecule has 0 spiro atoms. The van der Waals surface area contributed by atoms with Crippen LogP contribution >= 0.6 is 12.2 Å². The number of nitrogens with zero attached hydrogens (tertiary/aromatic N) is 3. The van der Waals surface area contributed by atoms with Crippen LogP contribution in [0, 0.1) is 0 Å². The number of hydrogen-bond donors (Lipinski definition) is 1. The van der Waals surface area contributed by atoms with E-state index in [0.717, 1.165) is 31.6 Å². The molecule has 3 amide bonds. The Balaban J connectivity index is 1.34. The third-order valence-corrected chi connectivity index (χ3v) is 6.04. The Bertz CT molecular complexity index is 979. The number of thiocarbonyl (C=S) groups is 1. The number of carbonyl (C=O) groups excluding carboxylic acids is 3. The predicted octanol–water partition coefficient (Wildman–Crippen LogP) is 1.86. The lowest BCUT2D eigenvalue weighted by atomic mass is 9.94. The number of amides is 3. The number of hydrogen-bond acceptors (Lipinski definition) is 5. The number of carbonyl (C=O) groups is 3. The van der Waals surface area contributed by atoms with E-state index in [9.17, 15) is 14.4 Å². The first-order valence-electron chi connectivity index (χ1n) is 10.1. The summed E-state index contributed by atoms with van der Waals surface area (Å²) in [6, 6.07) is 10.9. The van der Waals surface area contributed by atoms with Crippen LogP contribution in [-0.4, -0.2) is 77.3 Å². The van der Waals surface area contributed by atoms with Crippen molar-refractivity contribution in [3.05, 3.63) is 47.5 Å². The minimum absolute atomic E-state index is 0.191. The molecule has 1 N–H and O–H groups in total. The first kappa shape index (κ1) is 20.4. The van der Waals surface area contributed by atoms with Gasteiger partial charge in [-0.1, -0.05) is 24.3 Å². The lowest BCUT2D eigenvalue weighted by Gasteiger charge is -2.34. The molecule has 7 nitrogen and oxygen atoms in total. The molecule has 0 atom stereocenters. The molecule has 2 aliphatic heterocycles. The van der Waals surface area contributed by atoms with Crippen molar-refractivity contribution in [2.45, 2.75) is 12.8 Å². The van der Waals surface area contributed by atoms with Gasteiger partial charge in [-0.25, -0.2) is 0 Å². The van der Waals surface area contributed by atoms with Crippen LogP contribution < -0.4 is 5.32 Å². The quantitative estimate of drug-likeness (QED) is 0.597. The lowest BCUT2D eigenvalue weighted by Crippen LogP contribution is -2.51. The van der Waals surface area contributed by atoms with E-state index in [1.165, 1.54) is 4.90 Å². The summed E-state index contributed by atoms with van der Waals surface area (Å²) in [4.78, 5) is 43.5. The van der Waals surface area contributed by atoms with Crippen molar-refractivity contribution in [1.82, 2.24) is 20.0 Å². The minimum Gasteiger partial charge on any atom is -0.346 e. The zero-order valence-electron chi connectivity index (χ0n) is 16.9. The predicted molar refractivity (Wildman–Crippen MR) is 118 cm³/mol. The topological polar surface area (TPSA) is 73.0 Å². The van der Waals surface area contributed by atoms with Gasteiger partial charge < -0.3 is 15.1 Å². The van der Waals surface area contributed by atoms with Crippen molar-refractivity contribution in [3.8, 4) is 0 Å². The van der Waals surface area contributed by atoms with Crippen molar-refractivity contribution in [1.29, 1.82) is 0 Å². The average Bonchev–Trinajstić information content (AvgIpc) is 2.74. The zero-order chi connectivity index (χ0) is 21.3. The summed E-state index contributed by atoms with van der Waals surface area (Å²) in [7, 11) is 2.06. The SMILES string of the molecule is CN1CCN(C(=S)NC(=O)CCCN2C(=O)c3cccc4cccc(c34)C2=O)CC1. The van der Waals surface area contributed by atoms with E-state index in [-0.39, 0.29) is 30.7 Å². The Kier molecular flexibility index (Phi) is 5.78. The fourth-order valence-corrected chi connectivity index (χ4v) is 4.25. The van der Waals surface area contributed by atoms with E-state index in [1.807, 2.05) is 29.2 Å². The zero-order valence-corrected chi connectivity index (χ0v) is 17.7. The van der Waals surface area contributed by atoms with Crippen LogP contribution in [0.25, 0.3) is 10.8 Å².